The Morgan fingerprint density at radius 3 is 1.70 bits per heavy atom. The summed E-state index contributed by atoms with van der Waals surface area (Å²) in [5.74, 6) is -1.21. The summed E-state index contributed by atoms with van der Waals surface area (Å²) in [5.41, 5.74) is 1.08. The van der Waals surface area contributed by atoms with Crippen molar-refractivity contribution >= 4 is 24.1 Å². The molecular weight excluding hydrogens is 397 g/mol. The van der Waals surface area contributed by atoms with Gasteiger partial charge in [0, 0.05) is 19.5 Å². The Morgan fingerprint density at radius 1 is 0.733 bits per heavy atom. The second-order valence-electron chi connectivity index (χ2n) is 8.12. The molecule has 0 aliphatic heterocycles. The summed E-state index contributed by atoms with van der Waals surface area (Å²) < 4.78 is 31.2. The van der Waals surface area contributed by atoms with Gasteiger partial charge in [-0.3, -0.25) is 4.57 Å². The van der Waals surface area contributed by atoms with E-state index in [0.717, 1.165) is 16.3 Å². The maximum absolute atomic E-state index is 14.8. The van der Waals surface area contributed by atoms with E-state index in [4.69, 9.17) is 4.98 Å². The van der Waals surface area contributed by atoms with E-state index in [1.54, 1.807) is 10.8 Å². The van der Waals surface area contributed by atoms with Crippen LogP contribution in [0.4, 0.5) is 8.78 Å². The fourth-order valence-corrected chi connectivity index (χ4v) is 5.59. The average molecular weight is 420 g/mol. The maximum atomic E-state index is 14.8. The van der Waals surface area contributed by atoms with Crippen molar-refractivity contribution in [3.63, 3.8) is 0 Å². The molecule has 0 bridgehead atoms. The molecule has 0 saturated heterocycles. The normalized spacial score (nSPS) is 11.8. The Kier molecular flexibility index (Phi) is 5.53. The lowest BCUT2D eigenvalue weighted by molar-refractivity contribution is 0.564. The van der Waals surface area contributed by atoms with E-state index in [-0.39, 0.29) is 11.1 Å². The highest BCUT2D eigenvalue weighted by Crippen LogP contribution is 2.35. The largest absolute Gasteiger partial charge is 0.294 e. The van der Waals surface area contributed by atoms with Gasteiger partial charge in [-0.25, -0.2) is 13.8 Å². The summed E-state index contributed by atoms with van der Waals surface area (Å²) in [6.07, 6.45) is 1.78. The van der Waals surface area contributed by atoms with Gasteiger partial charge in [-0.2, -0.15) is 0 Å². The standard InChI is InChI=1S/C25H23F2N2P/c1-25(2,3)22-17-29(23-20(26)15-10-16-21(23)27)24(28-22)30(18-11-6-4-7-12-18)19-13-8-5-9-14-19/h4-17H,1-3H3. The Labute approximate surface area is 177 Å². The lowest BCUT2D eigenvalue weighted by Gasteiger charge is -2.20. The Hall–Kier alpha value is -2.84. The van der Waals surface area contributed by atoms with Crippen LogP contribution in [-0.4, -0.2) is 9.55 Å². The van der Waals surface area contributed by atoms with Crippen molar-refractivity contribution in [3.05, 3.63) is 102 Å². The number of rotatable bonds is 4. The highest BCUT2D eigenvalue weighted by atomic mass is 31.1. The molecule has 4 rings (SSSR count). The van der Waals surface area contributed by atoms with Gasteiger partial charge in [0.1, 0.15) is 22.9 Å². The molecule has 1 aromatic heterocycles. The molecule has 4 aromatic rings. The topological polar surface area (TPSA) is 17.8 Å². The molecule has 30 heavy (non-hydrogen) atoms. The molecule has 0 unspecified atom stereocenters. The van der Waals surface area contributed by atoms with Gasteiger partial charge < -0.3 is 0 Å². The van der Waals surface area contributed by atoms with Crippen LogP contribution in [0.5, 0.6) is 0 Å². The molecule has 0 amide bonds. The Bertz CT molecular complexity index is 1090. The van der Waals surface area contributed by atoms with Gasteiger partial charge in [0.15, 0.2) is 0 Å². The molecule has 0 radical (unpaired) electrons. The molecular formula is C25H23F2N2P. The minimum Gasteiger partial charge on any atom is -0.294 e. The van der Waals surface area contributed by atoms with Crippen LogP contribution in [0.3, 0.4) is 0 Å². The van der Waals surface area contributed by atoms with E-state index >= 15 is 0 Å². The van der Waals surface area contributed by atoms with Crippen LogP contribution in [-0.2, 0) is 5.41 Å². The van der Waals surface area contributed by atoms with Crippen LogP contribution in [0.15, 0.2) is 85.1 Å². The Balaban J connectivity index is 2.03. The third kappa shape index (κ3) is 3.93. The lowest BCUT2D eigenvalue weighted by Crippen LogP contribution is -2.28. The molecule has 152 valence electrons. The number of hydrogen-bond acceptors (Lipinski definition) is 1. The fourth-order valence-electron chi connectivity index (χ4n) is 3.31. The molecule has 0 spiro atoms. The predicted octanol–water partition coefficient (Wildman–Crippen LogP) is 5.21. The highest BCUT2D eigenvalue weighted by Gasteiger charge is 2.28. The summed E-state index contributed by atoms with van der Waals surface area (Å²) in [6.45, 7) is 6.15. The van der Waals surface area contributed by atoms with Gasteiger partial charge in [0.25, 0.3) is 0 Å². The van der Waals surface area contributed by atoms with E-state index in [1.807, 2.05) is 60.7 Å². The Morgan fingerprint density at radius 2 is 1.23 bits per heavy atom. The van der Waals surface area contributed by atoms with Crippen LogP contribution in [0, 0.1) is 11.6 Å². The van der Waals surface area contributed by atoms with Crippen LogP contribution in [0.1, 0.15) is 26.5 Å². The minimum atomic E-state index is -1.12. The summed E-state index contributed by atoms with van der Waals surface area (Å²) in [6, 6.07) is 24.0. The number of hydrogen-bond donors (Lipinski definition) is 0. The third-order valence-corrected chi connectivity index (χ3v) is 7.21. The first-order valence-electron chi connectivity index (χ1n) is 9.81. The van der Waals surface area contributed by atoms with Crippen LogP contribution in [0.2, 0.25) is 0 Å². The molecule has 0 aliphatic carbocycles. The summed E-state index contributed by atoms with van der Waals surface area (Å²) in [7, 11) is -1.12. The molecule has 3 aromatic carbocycles. The van der Waals surface area contributed by atoms with E-state index in [9.17, 15) is 8.78 Å². The van der Waals surface area contributed by atoms with Gasteiger partial charge in [-0.15, -0.1) is 0 Å². The molecule has 5 heteroatoms. The highest BCUT2D eigenvalue weighted by molar-refractivity contribution is 7.79. The van der Waals surface area contributed by atoms with Crippen molar-refractivity contribution in [1.82, 2.24) is 9.55 Å². The maximum Gasteiger partial charge on any atom is 0.150 e. The third-order valence-electron chi connectivity index (χ3n) is 4.86. The minimum absolute atomic E-state index is 0.0881. The van der Waals surface area contributed by atoms with Gasteiger partial charge in [0.2, 0.25) is 0 Å². The summed E-state index contributed by atoms with van der Waals surface area (Å²) in [4.78, 5) is 4.95. The van der Waals surface area contributed by atoms with Crippen molar-refractivity contribution < 1.29 is 8.78 Å². The van der Waals surface area contributed by atoms with Crippen molar-refractivity contribution in [2.75, 3.05) is 0 Å². The van der Waals surface area contributed by atoms with Crippen molar-refractivity contribution in [2.24, 2.45) is 0 Å². The predicted molar refractivity (Wildman–Crippen MR) is 121 cm³/mol. The molecule has 2 nitrogen and oxygen atoms in total. The van der Waals surface area contributed by atoms with Crippen LogP contribution >= 0.6 is 7.92 Å². The zero-order valence-electron chi connectivity index (χ0n) is 17.2. The van der Waals surface area contributed by atoms with E-state index in [0.29, 0.717) is 5.57 Å². The number of aromatic nitrogens is 2. The monoisotopic (exact) mass is 420 g/mol. The summed E-state index contributed by atoms with van der Waals surface area (Å²) >= 11 is 0. The van der Waals surface area contributed by atoms with Gasteiger partial charge in [0.05, 0.1) is 5.69 Å². The number of imidazole rings is 1. The average Bonchev–Trinajstić information content (AvgIpc) is 3.15. The molecule has 0 N–H and O–H groups in total. The first-order valence-corrected chi connectivity index (χ1v) is 11.1. The molecule has 0 saturated carbocycles. The molecule has 0 fully saturated rings. The van der Waals surface area contributed by atoms with Crippen molar-refractivity contribution in [3.8, 4) is 5.69 Å². The van der Waals surface area contributed by atoms with E-state index in [2.05, 4.69) is 20.8 Å². The summed E-state index contributed by atoms with van der Waals surface area (Å²) in [5, 5.41) is 2.14. The van der Waals surface area contributed by atoms with Gasteiger partial charge >= 0.3 is 0 Å². The van der Waals surface area contributed by atoms with Crippen LogP contribution < -0.4 is 16.2 Å². The second-order valence-corrected chi connectivity index (χ2v) is 10.2. The van der Waals surface area contributed by atoms with Gasteiger partial charge in [-0.1, -0.05) is 87.5 Å². The number of nitrogens with zero attached hydrogens (tertiary/aromatic N) is 2. The van der Waals surface area contributed by atoms with E-state index < -0.39 is 19.6 Å². The number of benzene rings is 3. The first kappa shape index (κ1) is 20.4. The SMILES string of the molecule is CC(C)(C)c1cn(-c2c(F)cccc2F)c(P(c2ccccc2)c2ccccc2)n1. The van der Waals surface area contributed by atoms with Crippen molar-refractivity contribution in [2.45, 2.75) is 26.2 Å². The first-order chi connectivity index (χ1) is 14.4. The van der Waals surface area contributed by atoms with E-state index in [1.165, 1.54) is 18.2 Å². The molecule has 0 aliphatic rings. The molecule has 1 heterocycles. The van der Waals surface area contributed by atoms with Crippen LogP contribution in [0.25, 0.3) is 5.69 Å². The molecule has 0 atom stereocenters. The lowest BCUT2D eigenvalue weighted by atomic mass is 9.93. The van der Waals surface area contributed by atoms with Crippen molar-refractivity contribution in [1.29, 1.82) is 0 Å². The zero-order chi connectivity index (χ0) is 21.3. The fraction of sp³-hybridized carbons (Fsp3) is 0.160. The quantitative estimate of drug-likeness (QED) is 0.415. The number of para-hydroxylation sites is 1. The second kappa shape index (κ2) is 8.12. The zero-order valence-corrected chi connectivity index (χ0v) is 18.1. The van der Waals surface area contributed by atoms with Gasteiger partial charge in [-0.05, 0) is 22.7 Å². The number of halogens is 2. The smallest absolute Gasteiger partial charge is 0.150 e.